The van der Waals surface area contributed by atoms with Gasteiger partial charge in [-0.25, -0.2) is 0 Å². The molecule has 0 radical (unpaired) electrons. The first-order valence-electron chi connectivity index (χ1n) is 5.91. The number of benzene rings is 1. The number of rotatable bonds is 5. The Morgan fingerprint density at radius 3 is 2.35 bits per heavy atom. The Labute approximate surface area is 103 Å². The number of hydrogen-bond acceptors (Lipinski definition) is 2. The molecule has 1 aromatic rings. The largest absolute Gasteiger partial charge is 0.488 e. The Kier molecular flexibility index (Phi) is 4.50. The maximum atomic E-state index is 10.8. The molecule has 0 aliphatic carbocycles. The maximum Gasteiger partial charge on any atom is 0.152 e. The Bertz CT molecular complexity index is 399. The second-order valence-corrected chi connectivity index (χ2v) is 4.73. The molecule has 0 heterocycles. The molecule has 0 saturated carbocycles. The van der Waals surface area contributed by atoms with Crippen molar-refractivity contribution in [3.8, 4) is 5.75 Å². The molecule has 0 bridgehead atoms. The first kappa shape index (κ1) is 13.5. The molecule has 2 heteroatoms. The van der Waals surface area contributed by atoms with Crippen LogP contribution in [0.3, 0.4) is 0 Å². The molecule has 17 heavy (non-hydrogen) atoms. The summed E-state index contributed by atoms with van der Waals surface area (Å²) in [5.41, 5.74) is 0.860. The van der Waals surface area contributed by atoms with E-state index in [4.69, 9.17) is 4.74 Å². The smallest absolute Gasteiger partial charge is 0.152 e. The van der Waals surface area contributed by atoms with Gasteiger partial charge in [-0.15, -0.1) is 0 Å². The maximum absolute atomic E-state index is 10.8. The van der Waals surface area contributed by atoms with Gasteiger partial charge in [0.05, 0.1) is 0 Å². The van der Waals surface area contributed by atoms with E-state index in [1.165, 1.54) is 6.92 Å². The van der Waals surface area contributed by atoms with Gasteiger partial charge in [-0.3, -0.25) is 4.79 Å². The summed E-state index contributed by atoms with van der Waals surface area (Å²) in [6.07, 6.45) is 4.32. The second kappa shape index (κ2) is 5.67. The van der Waals surface area contributed by atoms with Crippen LogP contribution in [0.25, 0.3) is 6.08 Å². The highest BCUT2D eigenvalue weighted by Gasteiger charge is 2.16. The highest BCUT2D eigenvalue weighted by molar-refractivity contribution is 5.91. The summed E-state index contributed by atoms with van der Waals surface area (Å²) in [6.45, 7) is 7.77. The summed E-state index contributed by atoms with van der Waals surface area (Å²) < 4.78 is 5.84. The molecule has 92 valence electrons. The minimum Gasteiger partial charge on any atom is -0.488 e. The molecule has 0 atom stereocenters. The lowest BCUT2D eigenvalue weighted by Gasteiger charge is -2.24. The van der Waals surface area contributed by atoms with Crippen LogP contribution < -0.4 is 4.74 Å². The second-order valence-electron chi connectivity index (χ2n) is 4.73. The van der Waals surface area contributed by atoms with Crippen molar-refractivity contribution in [3.05, 3.63) is 35.9 Å². The van der Waals surface area contributed by atoms with Crippen LogP contribution >= 0.6 is 0 Å². The van der Waals surface area contributed by atoms with Crippen molar-refractivity contribution in [1.29, 1.82) is 0 Å². The van der Waals surface area contributed by atoms with Gasteiger partial charge >= 0.3 is 0 Å². The summed E-state index contributed by atoms with van der Waals surface area (Å²) in [5.74, 6) is 0.911. The van der Waals surface area contributed by atoms with Crippen molar-refractivity contribution < 1.29 is 9.53 Å². The Balaban J connectivity index is 2.71. The highest BCUT2D eigenvalue weighted by Crippen LogP contribution is 2.21. The standard InChI is InChI=1S/C15H20O2/c1-5-15(3,4)17-14-10-8-13(9-11-14)7-6-12(2)16/h6-11H,5H2,1-4H3. The van der Waals surface area contributed by atoms with E-state index < -0.39 is 0 Å². The fourth-order valence-corrected chi connectivity index (χ4v) is 1.25. The average molecular weight is 232 g/mol. The molecule has 1 aromatic carbocycles. The number of carbonyl (C=O) groups is 1. The normalized spacial score (nSPS) is 11.8. The third kappa shape index (κ3) is 4.85. The Morgan fingerprint density at radius 2 is 1.88 bits per heavy atom. The predicted octanol–water partition coefficient (Wildman–Crippen LogP) is 3.86. The minimum absolute atomic E-state index is 0.0532. The van der Waals surface area contributed by atoms with Crippen LogP contribution in [0, 0.1) is 0 Å². The quantitative estimate of drug-likeness (QED) is 0.721. The van der Waals surface area contributed by atoms with Gasteiger partial charge in [0.15, 0.2) is 5.78 Å². The lowest BCUT2D eigenvalue weighted by molar-refractivity contribution is -0.112. The van der Waals surface area contributed by atoms with E-state index in [1.807, 2.05) is 24.3 Å². The van der Waals surface area contributed by atoms with Gasteiger partial charge in [0, 0.05) is 0 Å². The summed E-state index contributed by atoms with van der Waals surface area (Å²) in [5, 5.41) is 0. The van der Waals surface area contributed by atoms with E-state index in [-0.39, 0.29) is 11.4 Å². The van der Waals surface area contributed by atoms with Crippen LogP contribution in [0.2, 0.25) is 0 Å². The first-order chi connectivity index (χ1) is 7.93. The summed E-state index contributed by atoms with van der Waals surface area (Å²) >= 11 is 0. The average Bonchev–Trinajstić information content (AvgIpc) is 2.28. The predicted molar refractivity (Wildman–Crippen MR) is 71.2 cm³/mol. The van der Waals surface area contributed by atoms with Crippen molar-refractivity contribution in [2.24, 2.45) is 0 Å². The topological polar surface area (TPSA) is 26.3 Å². The molecule has 0 aliphatic rings. The first-order valence-corrected chi connectivity index (χ1v) is 5.91. The van der Waals surface area contributed by atoms with Crippen molar-refractivity contribution in [1.82, 2.24) is 0 Å². The Hall–Kier alpha value is -1.57. The monoisotopic (exact) mass is 232 g/mol. The third-order valence-corrected chi connectivity index (χ3v) is 2.64. The van der Waals surface area contributed by atoms with E-state index in [2.05, 4.69) is 20.8 Å². The number of allylic oxidation sites excluding steroid dienone is 1. The lowest BCUT2D eigenvalue weighted by Crippen LogP contribution is -2.26. The van der Waals surface area contributed by atoms with Crippen LogP contribution in [0.4, 0.5) is 0 Å². The van der Waals surface area contributed by atoms with Gasteiger partial charge in [-0.05, 0) is 51.0 Å². The molecule has 2 nitrogen and oxygen atoms in total. The molecular weight excluding hydrogens is 212 g/mol. The van der Waals surface area contributed by atoms with Gasteiger partial charge in [-0.2, -0.15) is 0 Å². The van der Waals surface area contributed by atoms with Crippen LogP contribution in [-0.2, 0) is 4.79 Å². The van der Waals surface area contributed by atoms with E-state index in [0.717, 1.165) is 17.7 Å². The van der Waals surface area contributed by atoms with Crippen LogP contribution in [0.5, 0.6) is 5.75 Å². The molecule has 0 saturated heterocycles. The summed E-state index contributed by atoms with van der Waals surface area (Å²) in [4.78, 5) is 10.8. The van der Waals surface area contributed by atoms with Gasteiger partial charge in [-0.1, -0.05) is 25.1 Å². The van der Waals surface area contributed by atoms with Crippen molar-refractivity contribution in [2.75, 3.05) is 0 Å². The van der Waals surface area contributed by atoms with Crippen molar-refractivity contribution in [2.45, 2.75) is 39.7 Å². The zero-order valence-corrected chi connectivity index (χ0v) is 11.0. The fraction of sp³-hybridized carbons (Fsp3) is 0.400. The SMILES string of the molecule is CCC(C)(C)Oc1ccc(C=CC(C)=O)cc1. The molecule has 1 rings (SSSR count). The number of hydrogen-bond donors (Lipinski definition) is 0. The van der Waals surface area contributed by atoms with E-state index >= 15 is 0 Å². The van der Waals surface area contributed by atoms with Crippen molar-refractivity contribution in [3.63, 3.8) is 0 Å². The molecule has 0 fully saturated rings. The summed E-state index contributed by atoms with van der Waals surface area (Å²) in [7, 11) is 0. The van der Waals surface area contributed by atoms with Gasteiger partial charge < -0.3 is 4.74 Å². The summed E-state index contributed by atoms with van der Waals surface area (Å²) in [6, 6.07) is 7.75. The molecule has 0 aliphatic heterocycles. The van der Waals surface area contributed by atoms with Crippen LogP contribution in [0.1, 0.15) is 39.7 Å². The number of ether oxygens (including phenoxy) is 1. The van der Waals surface area contributed by atoms with Gasteiger partial charge in [0.25, 0.3) is 0 Å². The van der Waals surface area contributed by atoms with Crippen LogP contribution in [0.15, 0.2) is 30.3 Å². The van der Waals surface area contributed by atoms with E-state index in [1.54, 1.807) is 12.2 Å². The third-order valence-electron chi connectivity index (χ3n) is 2.64. The number of carbonyl (C=O) groups excluding carboxylic acids is 1. The molecule has 0 amide bonds. The van der Waals surface area contributed by atoms with Gasteiger partial charge in [0.2, 0.25) is 0 Å². The lowest BCUT2D eigenvalue weighted by atomic mass is 10.1. The minimum atomic E-state index is -0.142. The fourth-order valence-electron chi connectivity index (χ4n) is 1.25. The molecule has 0 unspecified atom stereocenters. The zero-order chi connectivity index (χ0) is 12.9. The van der Waals surface area contributed by atoms with Gasteiger partial charge in [0.1, 0.15) is 11.4 Å². The number of ketones is 1. The van der Waals surface area contributed by atoms with Crippen molar-refractivity contribution >= 4 is 11.9 Å². The molecule has 0 spiro atoms. The van der Waals surface area contributed by atoms with E-state index in [0.29, 0.717) is 0 Å². The Morgan fingerprint density at radius 1 is 1.29 bits per heavy atom. The van der Waals surface area contributed by atoms with E-state index in [9.17, 15) is 4.79 Å². The molecule has 0 aromatic heterocycles. The highest BCUT2D eigenvalue weighted by atomic mass is 16.5. The molecular formula is C15H20O2. The zero-order valence-electron chi connectivity index (χ0n) is 11.0. The molecule has 0 N–H and O–H groups in total. The van der Waals surface area contributed by atoms with Crippen LogP contribution in [-0.4, -0.2) is 11.4 Å².